The monoisotopic (exact) mass is 444 g/mol. The third-order valence-electron chi connectivity index (χ3n) is 5.26. The van der Waals surface area contributed by atoms with Gasteiger partial charge in [0.05, 0.1) is 11.3 Å². The van der Waals surface area contributed by atoms with Gasteiger partial charge in [0.2, 0.25) is 11.8 Å². The molecule has 2 aromatic carbocycles. The first-order valence-electron chi connectivity index (χ1n) is 10.6. The van der Waals surface area contributed by atoms with Crippen LogP contribution in [0.5, 0.6) is 11.5 Å². The third-order valence-corrected chi connectivity index (χ3v) is 5.26. The quantitative estimate of drug-likeness (QED) is 0.359. The van der Waals surface area contributed by atoms with Crippen molar-refractivity contribution >= 4 is 29.2 Å². The molecule has 1 saturated heterocycles. The van der Waals surface area contributed by atoms with E-state index in [9.17, 15) is 9.59 Å². The van der Waals surface area contributed by atoms with Crippen molar-refractivity contribution in [2.24, 2.45) is 0 Å². The molecule has 0 spiro atoms. The number of aromatic nitrogens is 2. The summed E-state index contributed by atoms with van der Waals surface area (Å²) in [6.45, 7) is 0.512. The summed E-state index contributed by atoms with van der Waals surface area (Å²) in [5.41, 5.74) is 7.19. The van der Waals surface area contributed by atoms with Crippen molar-refractivity contribution in [3.8, 4) is 11.5 Å². The van der Waals surface area contributed by atoms with Gasteiger partial charge in [0, 0.05) is 31.5 Å². The minimum Gasteiger partial charge on any atom is -0.457 e. The molecule has 0 radical (unpaired) electrons. The Morgan fingerprint density at radius 3 is 2.36 bits per heavy atom. The van der Waals surface area contributed by atoms with Crippen LogP contribution in [0.1, 0.15) is 30.4 Å². The molecule has 4 rings (SSSR count). The van der Waals surface area contributed by atoms with E-state index in [2.05, 4.69) is 15.3 Å². The van der Waals surface area contributed by atoms with E-state index in [1.54, 1.807) is 24.3 Å². The zero-order chi connectivity index (χ0) is 23.2. The van der Waals surface area contributed by atoms with Gasteiger partial charge in [0.15, 0.2) is 0 Å². The second-order valence-electron chi connectivity index (χ2n) is 7.52. The van der Waals surface area contributed by atoms with E-state index in [0.717, 1.165) is 5.75 Å². The van der Waals surface area contributed by atoms with Gasteiger partial charge in [0.1, 0.15) is 29.5 Å². The average molecular weight is 444 g/mol. The van der Waals surface area contributed by atoms with Crippen LogP contribution in [0.25, 0.3) is 0 Å². The number of imide groups is 1. The number of carbonyl (C=O) groups is 2. The average Bonchev–Trinajstić information content (AvgIpc) is 2.82. The van der Waals surface area contributed by atoms with E-state index >= 15 is 0 Å². The normalized spacial score (nSPS) is 13.6. The Morgan fingerprint density at radius 2 is 1.67 bits per heavy atom. The molecule has 3 aromatic rings. The maximum Gasteiger partial charge on any atom is 0.229 e. The summed E-state index contributed by atoms with van der Waals surface area (Å²) >= 11 is 0. The number of nitrogen functional groups attached to an aromatic ring is 1. The molecule has 0 bridgehead atoms. The number of rotatable bonds is 8. The van der Waals surface area contributed by atoms with Gasteiger partial charge >= 0.3 is 0 Å². The van der Waals surface area contributed by atoms with Gasteiger partial charge in [-0.25, -0.2) is 9.97 Å². The molecule has 4 N–H and O–H groups in total. The van der Waals surface area contributed by atoms with Crippen molar-refractivity contribution in [3.05, 3.63) is 72.1 Å². The molecule has 1 fully saturated rings. The van der Waals surface area contributed by atoms with E-state index < -0.39 is 0 Å². The van der Waals surface area contributed by atoms with Crippen LogP contribution in [-0.4, -0.2) is 45.5 Å². The zero-order valence-electron chi connectivity index (χ0n) is 18.0. The highest BCUT2D eigenvalue weighted by molar-refractivity contribution is 6.16. The van der Waals surface area contributed by atoms with E-state index in [1.165, 1.54) is 11.2 Å². The minimum atomic E-state index is -0.166. The summed E-state index contributed by atoms with van der Waals surface area (Å²) in [4.78, 5) is 33.5. The Kier molecular flexibility index (Phi) is 6.58. The molecule has 0 saturated carbocycles. The van der Waals surface area contributed by atoms with Crippen LogP contribution >= 0.6 is 0 Å². The summed E-state index contributed by atoms with van der Waals surface area (Å²) in [6, 6.07) is 16.5. The number of likely N-dealkylation sites (tertiary alicyclic amines) is 1. The van der Waals surface area contributed by atoms with Crippen molar-refractivity contribution in [3.63, 3.8) is 0 Å². The predicted molar refractivity (Wildman–Crippen MR) is 124 cm³/mol. The van der Waals surface area contributed by atoms with E-state index in [0.29, 0.717) is 42.0 Å². The standard InChI is InChI=1S/C24H24N6O3/c25-22(16-9-11-18(12-10-16)33-17-5-2-1-3-6-17)21-23(26)28-15-29-24(21)27-13-14-30-19(31)7-4-8-20(30)32/h1-3,5-6,9-12,15,25H,4,7-8,13-14H2,(H3,26,27,28,29). The second-order valence-corrected chi connectivity index (χ2v) is 7.52. The molecular weight excluding hydrogens is 420 g/mol. The molecule has 9 nitrogen and oxygen atoms in total. The first kappa shape index (κ1) is 21.9. The van der Waals surface area contributed by atoms with Crippen LogP contribution in [-0.2, 0) is 9.59 Å². The number of hydrogen-bond donors (Lipinski definition) is 3. The minimum absolute atomic E-state index is 0.145. The topological polar surface area (TPSA) is 134 Å². The fourth-order valence-corrected chi connectivity index (χ4v) is 3.57. The molecular formula is C24H24N6O3. The van der Waals surface area contributed by atoms with E-state index in [1.807, 2.05) is 30.3 Å². The molecule has 1 aliphatic rings. The van der Waals surface area contributed by atoms with E-state index in [-0.39, 0.29) is 36.4 Å². The number of anilines is 2. The highest BCUT2D eigenvalue weighted by atomic mass is 16.5. The lowest BCUT2D eigenvalue weighted by molar-refractivity contribution is -0.147. The lowest BCUT2D eigenvalue weighted by atomic mass is 10.0. The van der Waals surface area contributed by atoms with Gasteiger partial charge in [-0.15, -0.1) is 0 Å². The predicted octanol–water partition coefficient (Wildman–Crippen LogP) is 3.22. The SMILES string of the molecule is N=C(c1ccc(Oc2ccccc2)cc1)c1c(N)ncnc1NCCN1C(=O)CCCC1=O. The fraction of sp³-hybridized carbons (Fsp3) is 0.208. The lowest BCUT2D eigenvalue weighted by Gasteiger charge is -2.25. The van der Waals surface area contributed by atoms with Gasteiger partial charge in [-0.05, 0) is 42.8 Å². The summed E-state index contributed by atoms with van der Waals surface area (Å²) in [6.07, 6.45) is 2.67. The first-order chi connectivity index (χ1) is 16.0. The van der Waals surface area contributed by atoms with E-state index in [4.69, 9.17) is 15.9 Å². The largest absolute Gasteiger partial charge is 0.457 e. The smallest absolute Gasteiger partial charge is 0.229 e. The Labute approximate surface area is 191 Å². The maximum absolute atomic E-state index is 12.0. The molecule has 9 heteroatoms. The van der Waals surface area contributed by atoms with Crippen LogP contribution in [0, 0.1) is 5.41 Å². The molecule has 33 heavy (non-hydrogen) atoms. The summed E-state index contributed by atoms with van der Waals surface area (Å²) < 4.78 is 5.80. The Bertz CT molecular complexity index is 1150. The van der Waals surface area contributed by atoms with Gasteiger partial charge in [0.25, 0.3) is 0 Å². The number of benzene rings is 2. The number of nitrogens with one attached hydrogen (secondary N) is 2. The molecule has 1 aliphatic heterocycles. The van der Waals surface area contributed by atoms with Gasteiger partial charge in [-0.3, -0.25) is 19.9 Å². The number of hydrogen-bond acceptors (Lipinski definition) is 8. The third kappa shape index (κ3) is 5.15. The molecule has 2 heterocycles. The molecule has 0 unspecified atom stereocenters. The number of nitrogens with two attached hydrogens (primary N) is 1. The number of nitrogens with zero attached hydrogens (tertiary/aromatic N) is 3. The van der Waals surface area contributed by atoms with Crippen molar-refractivity contribution in [1.29, 1.82) is 5.41 Å². The molecule has 168 valence electrons. The van der Waals surface area contributed by atoms with Crippen molar-refractivity contribution in [1.82, 2.24) is 14.9 Å². The van der Waals surface area contributed by atoms with Crippen LogP contribution in [0.3, 0.4) is 0 Å². The summed E-state index contributed by atoms with van der Waals surface area (Å²) in [5, 5.41) is 11.8. The van der Waals surface area contributed by atoms with Crippen molar-refractivity contribution in [2.75, 3.05) is 24.1 Å². The maximum atomic E-state index is 12.0. The van der Waals surface area contributed by atoms with Crippen molar-refractivity contribution < 1.29 is 14.3 Å². The highest BCUT2D eigenvalue weighted by Crippen LogP contribution is 2.25. The fourth-order valence-electron chi connectivity index (χ4n) is 3.57. The lowest BCUT2D eigenvalue weighted by Crippen LogP contribution is -2.42. The Balaban J connectivity index is 1.46. The number of carbonyl (C=O) groups excluding carboxylic acids is 2. The number of piperidine rings is 1. The molecule has 0 aliphatic carbocycles. The zero-order valence-corrected chi connectivity index (χ0v) is 18.0. The summed E-state index contributed by atoms with van der Waals surface area (Å²) in [5.74, 6) is 1.56. The highest BCUT2D eigenvalue weighted by Gasteiger charge is 2.25. The van der Waals surface area contributed by atoms with Gasteiger partial charge in [-0.1, -0.05) is 18.2 Å². The van der Waals surface area contributed by atoms with Crippen LogP contribution in [0.15, 0.2) is 60.9 Å². The van der Waals surface area contributed by atoms with Crippen LogP contribution in [0.4, 0.5) is 11.6 Å². The van der Waals surface area contributed by atoms with Crippen LogP contribution < -0.4 is 15.8 Å². The molecule has 1 aromatic heterocycles. The first-order valence-corrected chi connectivity index (χ1v) is 10.6. The molecule has 2 amide bonds. The number of amides is 2. The number of ether oxygens (including phenoxy) is 1. The Morgan fingerprint density at radius 1 is 1.00 bits per heavy atom. The summed E-state index contributed by atoms with van der Waals surface area (Å²) in [7, 11) is 0. The van der Waals surface area contributed by atoms with Crippen LogP contribution in [0.2, 0.25) is 0 Å². The van der Waals surface area contributed by atoms with Crippen molar-refractivity contribution in [2.45, 2.75) is 19.3 Å². The molecule has 0 atom stereocenters. The van der Waals surface area contributed by atoms with Gasteiger partial charge in [-0.2, -0.15) is 0 Å². The number of para-hydroxylation sites is 1. The van der Waals surface area contributed by atoms with Gasteiger partial charge < -0.3 is 15.8 Å². The second kappa shape index (κ2) is 9.90. The Hall–Kier alpha value is -4.27.